The van der Waals surface area contributed by atoms with E-state index in [9.17, 15) is 0 Å². The first-order chi connectivity index (χ1) is 7.33. The predicted octanol–water partition coefficient (Wildman–Crippen LogP) is 1.72. The van der Waals surface area contributed by atoms with Crippen LogP contribution in [0.3, 0.4) is 0 Å². The highest BCUT2D eigenvalue weighted by Crippen LogP contribution is 2.37. The van der Waals surface area contributed by atoms with Crippen LogP contribution in [0.15, 0.2) is 0 Å². The van der Waals surface area contributed by atoms with Crippen LogP contribution < -0.4 is 5.32 Å². The molecule has 2 aliphatic heterocycles. The Morgan fingerprint density at radius 3 is 2.47 bits per heavy atom. The van der Waals surface area contributed by atoms with Gasteiger partial charge in [0, 0.05) is 25.7 Å². The first-order valence-corrected chi connectivity index (χ1v) is 6.78. The van der Waals surface area contributed by atoms with Crippen LogP contribution in [-0.4, -0.2) is 37.1 Å². The van der Waals surface area contributed by atoms with Gasteiger partial charge in [-0.3, -0.25) is 0 Å². The lowest BCUT2D eigenvalue weighted by Crippen LogP contribution is -2.39. The Labute approximate surface area is 93.4 Å². The van der Waals surface area contributed by atoms with Crippen LogP contribution in [0.25, 0.3) is 0 Å². The molecule has 0 spiro atoms. The first kappa shape index (κ1) is 10.1. The maximum absolute atomic E-state index is 3.66. The van der Waals surface area contributed by atoms with Crippen molar-refractivity contribution in [2.24, 2.45) is 17.8 Å². The fourth-order valence-corrected chi connectivity index (χ4v) is 3.90. The molecule has 3 aliphatic rings. The predicted molar refractivity (Wildman–Crippen MR) is 62.8 cm³/mol. The minimum Gasteiger partial charge on any atom is -0.312 e. The van der Waals surface area contributed by atoms with Gasteiger partial charge in [-0.05, 0) is 43.6 Å². The van der Waals surface area contributed by atoms with Crippen molar-refractivity contribution in [1.29, 1.82) is 0 Å². The molecule has 3 fully saturated rings. The van der Waals surface area contributed by atoms with Crippen molar-refractivity contribution in [3.05, 3.63) is 0 Å². The van der Waals surface area contributed by atoms with Crippen molar-refractivity contribution in [3.63, 3.8) is 0 Å². The van der Waals surface area contributed by atoms with E-state index < -0.39 is 0 Å². The number of nitrogens with zero attached hydrogens (tertiary/aromatic N) is 1. The van der Waals surface area contributed by atoms with Crippen molar-refractivity contribution < 1.29 is 0 Å². The number of rotatable bonds is 2. The average molecular weight is 208 g/mol. The Bertz CT molecular complexity index is 217. The zero-order valence-electron chi connectivity index (χ0n) is 9.91. The molecule has 15 heavy (non-hydrogen) atoms. The van der Waals surface area contributed by atoms with Crippen LogP contribution in [-0.2, 0) is 0 Å². The maximum atomic E-state index is 3.66. The number of hydrogen-bond acceptors (Lipinski definition) is 2. The molecule has 0 radical (unpaired) electrons. The third-order valence-corrected chi connectivity index (χ3v) is 4.95. The molecule has 0 amide bonds. The monoisotopic (exact) mass is 208 g/mol. The highest BCUT2D eigenvalue weighted by atomic mass is 15.2. The largest absolute Gasteiger partial charge is 0.312 e. The van der Waals surface area contributed by atoms with Gasteiger partial charge in [0.1, 0.15) is 0 Å². The Balaban J connectivity index is 1.52. The third kappa shape index (κ3) is 1.94. The van der Waals surface area contributed by atoms with Gasteiger partial charge in [-0.15, -0.1) is 0 Å². The Hall–Kier alpha value is -0.0800. The van der Waals surface area contributed by atoms with Crippen molar-refractivity contribution in [2.45, 2.75) is 38.6 Å². The van der Waals surface area contributed by atoms with Crippen LogP contribution in [0.4, 0.5) is 0 Å². The van der Waals surface area contributed by atoms with E-state index in [2.05, 4.69) is 17.1 Å². The Morgan fingerprint density at radius 2 is 1.87 bits per heavy atom. The number of fused-ring (bicyclic) bond motifs is 1. The summed E-state index contributed by atoms with van der Waals surface area (Å²) in [6, 6.07) is 0.781. The number of nitrogens with one attached hydrogen (secondary N) is 1. The highest BCUT2D eigenvalue weighted by molar-refractivity contribution is 4.92. The van der Waals surface area contributed by atoms with Gasteiger partial charge in [-0.25, -0.2) is 0 Å². The summed E-state index contributed by atoms with van der Waals surface area (Å²) in [5, 5.41) is 3.66. The lowest BCUT2D eigenvalue weighted by atomic mass is 10.0. The second-order valence-corrected chi connectivity index (χ2v) is 6.00. The summed E-state index contributed by atoms with van der Waals surface area (Å²) >= 11 is 0. The lowest BCUT2D eigenvalue weighted by Gasteiger charge is -2.24. The average Bonchev–Trinajstić information content (AvgIpc) is 2.83. The highest BCUT2D eigenvalue weighted by Gasteiger charge is 2.37. The SMILES string of the molecule is CC1CCNC1CN1CC2CCCC2C1. The molecule has 2 heterocycles. The summed E-state index contributed by atoms with van der Waals surface area (Å²) < 4.78 is 0. The van der Waals surface area contributed by atoms with E-state index in [0.29, 0.717) is 0 Å². The van der Waals surface area contributed by atoms with Crippen molar-refractivity contribution in [3.8, 4) is 0 Å². The van der Waals surface area contributed by atoms with Crippen LogP contribution in [0.2, 0.25) is 0 Å². The first-order valence-electron chi connectivity index (χ1n) is 6.78. The Morgan fingerprint density at radius 1 is 1.13 bits per heavy atom. The van der Waals surface area contributed by atoms with E-state index in [1.54, 1.807) is 0 Å². The minimum absolute atomic E-state index is 0.781. The summed E-state index contributed by atoms with van der Waals surface area (Å²) in [6.07, 6.45) is 5.90. The molecule has 1 saturated carbocycles. The van der Waals surface area contributed by atoms with Gasteiger partial charge in [-0.2, -0.15) is 0 Å². The van der Waals surface area contributed by atoms with E-state index in [1.165, 1.54) is 51.9 Å². The maximum Gasteiger partial charge on any atom is 0.0221 e. The molecule has 0 bridgehead atoms. The van der Waals surface area contributed by atoms with Gasteiger partial charge in [-0.1, -0.05) is 13.3 Å². The van der Waals surface area contributed by atoms with E-state index in [1.807, 2.05) is 0 Å². The molecule has 3 rings (SSSR count). The lowest BCUT2D eigenvalue weighted by molar-refractivity contribution is 0.262. The number of likely N-dealkylation sites (tertiary alicyclic amines) is 1. The summed E-state index contributed by atoms with van der Waals surface area (Å²) in [7, 11) is 0. The van der Waals surface area contributed by atoms with Crippen LogP contribution in [0.1, 0.15) is 32.6 Å². The number of hydrogen-bond donors (Lipinski definition) is 1. The molecule has 4 atom stereocenters. The molecule has 2 saturated heterocycles. The zero-order chi connectivity index (χ0) is 10.3. The molecule has 0 aromatic heterocycles. The summed E-state index contributed by atoms with van der Waals surface area (Å²) in [4.78, 5) is 2.73. The Kier molecular flexibility index (Phi) is 2.73. The van der Waals surface area contributed by atoms with Gasteiger partial charge >= 0.3 is 0 Å². The van der Waals surface area contributed by atoms with Gasteiger partial charge in [0.05, 0.1) is 0 Å². The third-order valence-electron chi connectivity index (χ3n) is 4.95. The fraction of sp³-hybridized carbons (Fsp3) is 1.00. The normalized spacial score (nSPS) is 46.2. The van der Waals surface area contributed by atoms with Gasteiger partial charge in [0.2, 0.25) is 0 Å². The van der Waals surface area contributed by atoms with E-state index in [4.69, 9.17) is 0 Å². The zero-order valence-corrected chi connectivity index (χ0v) is 9.91. The van der Waals surface area contributed by atoms with Crippen LogP contribution in [0, 0.1) is 17.8 Å². The quantitative estimate of drug-likeness (QED) is 0.743. The van der Waals surface area contributed by atoms with Gasteiger partial charge in [0.15, 0.2) is 0 Å². The molecular weight excluding hydrogens is 184 g/mol. The van der Waals surface area contributed by atoms with Gasteiger partial charge < -0.3 is 10.2 Å². The molecule has 1 aliphatic carbocycles. The van der Waals surface area contributed by atoms with E-state index >= 15 is 0 Å². The standard InChI is InChI=1S/C13H24N2/c1-10-5-6-14-13(10)9-15-7-11-3-2-4-12(11)8-15/h10-14H,2-9H2,1H3. The molecule has 4 unspecified atom stereocenters. The molecule has 0 aromatic rings. The molecule has 86 valence electrons. The molecule has 1 N–H and O–H groups in total. The molecule has 2 nitrogen and oxygen atoms in total. The molecular formula is C13H24N2. The fourth-order valence-electron chi connectivity index (χ4n) is 3.90. The smallest absolute Gasteiger partial charge is 0.0221 e. The van der Waals surface area contributed by atoms with Crippen LogP contribution in [0.5, 0.6) is 0 Å². The van der Waals surface area contributed by atoms with Crippen molar-refractivity contribution in [2.75, 3.05) is 26.2 Å². The molecule has 2 heteroatoms. The summed E-state index contributed by atoms with van der Waals surface area (Å²) in [5.74, 6) is 3.01. The second kappa shape index (κ2) is 4.06. The van der Waals surface area contributed by atoms with Gasteiger partial charge in [0.25, 0.3) is 0 Å². The minimum atomic E-state index is 0.781. The second-order valence-electron chi connectivity index (χ2n) is 6.00. The van der Waals surface area contributed by atoms with Crippen molar-refractivity contribution in [1.82, 2.24) is 10.2 Å². The summed E-state index contributed by atoms with van der Waals surface area (Å²) in [5.41, 5.74) is 0. The molecule has 0 aromatic carbocycles. The van der Waals surface area contributed by atoms with Crippen molar-refractivity contribution >= 4 is 0 Å². The van der Waals surface area contributed by atoms with E-state index in [-0.39, 0.29) is 0 Å². The topological polar surface area (TPSA) is 15.3 Å². The summed E-state index contributed by atoms with van der Waals surface area (Å²) in [6.45, 7) is 7.76. The van der Waals surface area contributed by atoms with E-state index in [0.717, 1.165) is 23.8 Å². The van der Waals surface area contributed by atoms with Crippen LogP contribution >= 0.6 is 0 Å².